The Morgan fingerprint density at radius 3 is 2.63 bits per heavy atom. The molecule has 2 aromatic rings. The van der Waals surface area contributed by atoms with Crippen LogP contribution >= 0.6 is 22.9 Å². The summed E-state index contributed by atoms with van der Waals surface area (Å²) in [4.78, 5) is 6.64. The lowest BCUT2D eigenvalue weighted by Crippen LogP contribution is -2.26. The second-order valence-electron chi connectivity index (χ2n) is 4.29. The molecule has 0 fully saturated rings. The Kier molecular flexibility index (Phi) is 5.79. The molecule has 0 radical (unpaired) electrons. The standard InChI is InChI=1S/C14H17ClN2OS/c15-8-13-11-19-14(16-13)10-17(6-7-18)9-12-4-2-1-3-5-12/h1-5,11,18H,6-10H2. The van der Waals surface area contributed by atoms with E-state index in [0.29, 0.717) is 12.4 Å². The average Bonchev–Trinajstić information content (AvgIpc) is 2.88. The summed E-state index contributed by atoms with van der Waals surface area (Å²) in [6.07, 6.45) is 0. The van der Waals surface area contributed by atoms with Crippen LogP contribution in [0.15, 0.2) is 35.7 Å². The van der Waals surface area contributed by atoms with Crippen molar-refractivity contribution in [2.24, 2.45) is 0 Å². The minimum absolute atomic E-state index is 0.153. The monoisotopic (exact) mass is 296 g/mol. The van der Waals surface area contributed by atoms with Crippen molar-refractivity contribution >= 4 is 22.9 Å². The smallest absolute Gasteiger partial charge is 0.107 e. The van der Waals surface area contributed by atoms with Gasteiger partial charge in [-0.2, -0.15) is 0 Å². The first kappa shape index (κ1) is 14.5. The summed E-state index contributed by atoms with van der Waals surface area (Å²) in [6.45, 7) is 2.36. The second-order valence-corrected chi connectivity index (χ2v) is 5.50. The highest BCUT2D eigenvalue weighted by molar-refractivity contribution is 7.09. The Bertz CT molecular complexity index is 489. The minimum Gasteiger partial charge on any atom is -0.395 e. The number of hydrogen-bond acceptors (Lipinski definition) is 4. The van der Waals surface area contributed by atoms with Gasteiger partial charge in [-0.15, -0.1) is 22.9 Å². The number of rotatable bonds is 7. The van der Waals surface area contributed by atoms with Gasteiger partial charge in [-0.1, -0.05) is 30.3 Å². The fourth-order valence-corrected chi connectivity index (χ4v) is 2.93. The molecule has 0 aliphatic carbocycles. The SMILES string of the molecule is OCCN(Cc1ccccc1)Cc1nc(CCl)cs1. The van der Waals surface area contributed by atoms with E-state index in [1.165, 1.54) is 5.56 Å². The van der Waals surface area contributed by atoms with E-state index in [1.807, 2.05) is 23.6 Å². The molecule has 0 amide bonds. The molecule has 0 bridgehead atoms. The van der Waals surface area contributed by atoms with E-state index in [9.17, 15) is 0 Å². The molecule has 0 spiro atoms. The van der Waals surface area contributed by atoms with Gasteiger partial charge in [0.25, 0.3) is 0 Å². The molecule has 1 aromatic carbocycles. The number of thiazole rings is 1. The van der Waals surface area contributed by atoms with Gasteiger partial charge in [-0.3, -0.25) is 4.90 Å². The lowest BCUT2D eigenvalue weighted by Gasteiger charge is -2.20. The summed E-state index contributed by atoms with van der Waals surface area (Å²) in [7, 11) is 0. The summed E-state index contributed by atoms with van der Waals surface area (Å²) in [6, 6.07) is 10.3. The molecular weight excluding hydrogens is 280 g/mol. The molecule has 1 aromatic heterocycles. The fourth-order valence-electron chi connectivity index (χ4n) is 1.87. The maximum absolute atomic E-state index is 9.16. The Labute approximate surface area is 122 Å². The molecule has 0 aliphatic rings. The number of alkyl halides is 1. The lowest BCUT2D eigenvalue weighted by atomic mass is 10.2. The van der Waals surface area contributed by atoms with Gasteiger partial charge in [0.15, 0.2) is 0 Å². The van der Waals surface area contributed by atoms with Crippen LogP contribution in [0.25, 0.3) is 0 Å². The highest BCUT2D eigenvalue weighted by Crippen LogP contribution is 2.15. The zero-order chi connectivity index (χ0) is 13.5. The number of aliphatic hydroxyl groups is 1. The average molecular weight is 297 g/mol. The largest absolute Gasteiger partial charge is 0.395 e. The van der Waals surface area contributed by atoms with Gasteiger partial charge in [-0.05, 0) is 5.56 Å². The molecule has 0 aliphatic heterocycles. The molecule has 5 heteroatoms. The zero-order valence-electron chi connectivity index (χ0n) is 10.6. The van der Waals surface area contributed by atoms with Crippen molar-refractivity contribution in [1.82, 2.24) is 9.88 Å². The predicted molar refractivity (Wildman–Crippen MR) is 79.3 cm³/mol. The minimum atomic E-state index is 0.153. The van der Waals surface area contributed by atoms with Crippen LogP contribution in [0, 0.1) is 0 Å². The van der Waals surface area contributed by atoms with Crippen LogP contribution in [-0.2, 0) is 19.0 Å². The van der Waals surface area contributed by atoms with Crippen LogP contribution in [0.4, 0.5) is 0 Å². The van der Waals surface area contributed by atoms with Crippen molar-refractivity contribution in [1.29, 1.82) is 0 Å². The maximum Gasteiger partial charge on any atom is 0.107 e. The number of aromatic nitrogens is 1. The molecule has 102 valence electrons. The van der Waals surface area contributed by atoms with E-state index >= 15 is 0 Å². The topological polar surface area (TPSA) is 36.4 Å². The van der Waals surface area contributed by atoms with Crippen LogP contribution < -0.4 is 0 Å². The third kappa shape index (κ3) is 4.58. The van der Waals surface area contributed by atoms with E-state index in [4.69, 9.17) is 16.7 Å². The fraction of sp³-hybridized carbons (Fsp3) is 0.357. The van der Waals surface area contributed by atoms with Crippen LogP contribution in [0.3, 0.4) is 0 Å². The van der Waals surface area contributed by atoms with E-state index in [1.54, 1.807) is 11.3 Å². The molecule has 3 nitrogen and oxygen atoms in total. The van der Waals surface area contributed by atoms with Gasteiger partial charge in [0.1, 0.15) is 5.01 Å². The van der Waals surface area contributed by atoms with Crippen LogP contribution in [0.5, 0.6) is 0 Å². The summed E-state index contributed by atoms with van der Waals surface area (Å²) < 4.78 is 0. The molecule has 0 unspecified atom stereocenters. The van der Waals surface area contributed by atoms with E-state index in [0.717, 1.165) is 23.8 Å². The highest BCUT2D eigenvalue weighted by atomic mass is 35.5. The third-order valence-electron chi connectivity index (χ3n) is 2.76. The first-order chi connectivity index (χ1) is 9.31. The van der Waals surface area contributed by atoms with Gasteiger partial charge in [0.05, 0.1) is 24.7 Å². The number of benzene rings is 1. The molecule has 1 heterocycles. The van der Waals surface area contributed by atoms with Gasteiger partial charge >= 0.3 is 0 Å². The number of halogens is 1. The number of hydrogen-bond donors (Lipinski definition) is 1. The molecule has 0 atom stereocenters. The summed E-state index contributed by atoms with van der Waals surface area (Å²) in [5.74, 6) is 0.454. The zero-order valence-corrected chi connectivity index (χ0v) is 12.2. The van der Waals surface area contributed by atoms with Crippen LogP contribution in [0.1, 0.15) is 16.3 Å². The molecule has 2 rings (SSSR count). The van der Waals surface area contributed by atoms with Crippen molar-refractivity contribution in [2.75, 3.05) is 13.2 Å². The van der Waals surface area contributed by atoms with Gasteiger partial charge in [0.2, 0.25) is 0 Å². The van der Waals surface area contributed by atoms with Crippen LogP contribution in [0.2, 0.25) is 0 Å². The molecule has 1 N–H and O–H groups in total. The van der Waals surface area contributed by atoms with Crippen molar-refractivity contribution in [2.45, 2.75) is 19.0 Å². The van der Waals surface area contributed by atoms with Gasteiger partial charge in [-0.25, -0.2) is 4.98 Å². The maximum atomic E-state index is 9.16. The lowest BCUT2D eigenvalue weighted by molar-refractivity contribution is 0.184. The van der Waals surface area contributed by atoms with Crippen molar-refractivity contribution in [3.8, 4) is 0 Å². The summed E-state index contributed by atoms with van der Waals surface area (Å²) >= 11 is 7.38. The van der Waals surface area contributed by atoms with Crippen LogP contribution in [-0.4, -0.2) is 28.1 Å². The van der Waals surface area contributed by atoms with Crippen molar-refractivity contribution in [3.05, 3.63) is 52.0 Å². The van der Waals surface area contributed by atoms with E-state index in [2.05, 4.69) is 22.0 Å². The molecule has 0 saturated carbocycles. The van der Waals surface area contributed by atoms with E-state index < -0.39 is 0 Å². The van der Waals surface area contributed by atoms with Gasteiger partial charge < -0.3 is 5.11 Å². The van der Waals surface area contributed by atoms with Gasteiger partial charge in [0, 0.05) is 18.5 Å². The summed E-state index contributed by atoms with van der Waals surface area (Å²) in [5.41, 5.74) is 2.16. The Hall–Kier alpha value is -0.940. The molecule has 19 heavy (non-hydrogen) atoms. The quantitative estimate of drug-likeness (QED) is 0.798. The predicted octanol–water partition coefficient (Wildman–Crippen LogP) is 2.88. The van der Waals surface area contributed by atoms with Crippen molar-refractivity contribution < 1.29 is 5.11 Å². The highest BCUT2D eigenvalue weighted by Gasteiger charge is 2.09. The Balaban J connectivity index is 1.99. The molecular formula is C14H17ClN2OS. The first-order valence-electron chi connectivity index (χ1n) is 6.18. The first-order valence-corrected chi connectivity index (χ1v) is 7.59. The Morgan fingerprint density at radius 2 is 2.00 bits per heavy atom. The summed E-state index contributed by atoms with van der Waals surface area (Å²) in [5, 5.41) is 12.2. The third-order valence-corrected chi connectivity index (χ3v) is 3.92. The Morgan fingerprint density at radius 1 is 1.21 bits per heavy atom. The number of aliphatic hydroxyl groups excluding tert-OH is 1. The van der Waals surface area contributed by atoms with Crippen molar-refractivity contribution in [3.63, 3.8) is 0 Å². The molecule has 0 saturated heterocycles. The van der Waals surface area contributed by atoms with E-state index in [-0.39, 0.29) is 6.61 Å². The number of nitrogens with zero attached hydrogens (tertiary/aromatic N) is 2. The normalized spacial score (nSPS) is 11.1. The second kappa shape index (κ2) is 7.60.